The molecule has 0 aliphatic heterocycles. The minimum atomic E-state index is -0.534. The van der Waals surface area contributed by atoms with Crippen LogP contribution >= 0.6 is 23.2 Å². The Bertz CT molecular complexity index is 451. The number of halogens is 3. The molecular formula is C14H18Cl2FNO. The number of hydrogen-bond donors (Lipinski definition) is 1. The molecule has 1 atom stereocenters. The highest BCUT2D eigenvalue weighted by molar-refractivity contribution is 6.35. The number of nitrogens with one attached hydrogen (secondary N) is 1. The first-order valence-corrected chi connectivity index (χ1v) is 7.15. The fraction of sp³-hybridized carbons (Fsp3) is 0.500. The van der Waals surface area contributed by atoms with Crippen LogP contribution in [0.25, 0.3) is 0 Å². The fourth-order valence-electron chi connectivity index (χ4n) is 1.80. The molecule has 2 nitrogen and oxygen atoms in total. The quantitative estimate of drug-likeness (QED) is 0.588. The highest BCUT2D eigenvalue weighted by atomic mass is 35.5. The Kier molecular flexibility index (Phi) is 6.59. The molecule has 1 unspecified atom stereocenters. The molecule has 1 aromatic rings. The van der Waals surface area contributed by atoms with Gasteiger partial charge in [0.25, 0.3) is 0 Å². The maximum atomic E-state index is 13.4. The van der Waals surface area contributed by atoms with Gasteiger partial charge in [-0.1, -0.05) is 43.0 Å². The molecule has 0 aromatic heterocycles. The van der Waals surface area contributed by atoms with Gasteiger partial charge < -0.3 is 5.32 Å². The van der Waals surface area contributed by atoms with Crippen molar-refractivity contribution >= 4 is 29.1 Å². The third kappa shape index (κ3) is 5.00. The number of hydrogen-bond acceptors (Lipinski definition) is 1. The minimum Gasteiger partial charge on any atom is -0.350 e. The standard InChI is InChI=1S/C14H18Cl2FNO/c1-3-4-5-6-14(19)18-9(2)10-7-13(17)12(16)8-11(10)15/h7-9H,3-6H2,1-2H3,(H,18,19). The van der Waals surface area contributed by atoms with E-state index in [0.717, 1.165) is 19.3 Å². The van der Waals surface area contributed by atoms with Gasteiger partial charge in [0, 0.05) is 11.4 Å². The van der Waals surface area contributed by atoms with Crippen molar-refractivity contribution in [1.29, 1.82) is 0 Å². The van der Waals surface area contributed by atoms with E-state index in [1.807, 2.05) is 0 Å². The largest absolute Gasteiger partial charge is 0.350 e. The molecule has 0 fully saturated rings. The van der Waals surface area contributed by atoms with Crippen LogP contribution in [0.1, 0.15) is 51.1 Å². The van der Waals surface area contributed by atoms with Gasteiger partial charge in [-0.3, -0.25) is 4.79 Å². The second-order valence-electron chi connectivity index (χ2n) is 4.53. The molecule has 0 radical (unpaired) electrons. The normalized spacial score (nSPS) is 12.3. The summed E-state index contributed by atoms with van der Waals surface area (Å²) in [5, 5.41) is 3.15. The van der Waals surface area contributed by atoms with Crippen LogP contribution < -0.4 is 5.32 Å². The average Bonchev–Trinajstić information content (AvgIpc) is 2.34. The Morgan fingerprint density at radius 1 is 1.32 bits per heavy atom. The number of benzene rings is 1. The van der Waals surface area contributed by atoms with Crippen LogP contribution in [-0.2, 0) is 4.79 Å². The first kappa shape index (κ1) is 16.3. The van der Waals surface area contributed by atoms with Gasteiger partial charge in [-0.15, -0.1) is 0 Å². The third-order valence-electron chi connectivity index (χ3n) is 2.89. The fourth-order valence-corrected chi connectivity index (χ4v) is 2.34. The van der Waals surface area contributed by atoms with Gasteiger partial charge in [-0.05, 0) is 31.0 Å². The van der Waals surface area contributed by atoms with Crippen molar-refractivity contribution in [1.82, 2.24) is 5.32 Å². The smallest absolute Gasteiger partial charge is 0.220 e. The van der Waals surface area contributed by atoms with E-state index >= 15 is 0 Å². The lowest BCUT2D eigenvalue weighted by molar-refractivity contribution is -0.121. The molecule has 106 valence electrons. The summed E-state index contributed by atoms with van der Waals surface area (Å²) in [6.07, 6.45) is 3.43. The zero-order chi connectivity index (χ0) is 14.4. The molecule has 0 heterocycles. The third-order valence-corrected chi connectivity index (χ3v) is 3.51. The summed E-state index contributed by atoms with van der Waals surface area (Å²) in [5.41, 5.74) is 0.535. The molecule has 0 saturated carbocycles. The van der Waals surface area contributed by atoms with Crippen LogP contribution in [0, 0.1) is 5.82 Å². The summed E-state index contributed by atoms with van der Waals surface area (Å²) in [6, 6.07) is 2.28. The number of carbonyl (C=O) groups is 1. The van der Waals surface area contributed by atoms with Crippen molar-refractivity contribution in [2.45, 2.75) is 45.6 Å². The van der Waals surface area contributed by atoms with Crippen LogP contribution in [0.2, 0.25) is 10.0 Å². The average molecular weight is 306 g/mol. The van der Waals surface area contributed by atoms with E-state index in [1.165, 1.54) is 12.1 Å². The second-order valence-corrected chi connectivity index (χ2v) is 5.35. The van der Waals surface area contributed by atoms with Crippen LogP contribution in [0.5, 0.6) is 0 Å². The second kappa shape index (κ2) is 7.71. The maximum Gasteiger partial charge on any atom is 0.220 e. The van der Waals surface area contributed by atoms with Gasteiger partial charge in [-0.25, -0.2) is 4.39 Å². The Morgan fingerprint density at radius 2 is 2.00 bits per heavy atom. The molecule has 0 spiro atoms. The highest BCUT2D eigenvalue weighted by Crippen LogP contribution is 2.28. The zero-order valence-corrected chi connectivity index (χ0v) is 12.6. The topological polar surface area (TPSA) is 29.1 Å². The number of amides is 1. The molecule has 1 amide bonds. The van der Waals surface area contributed by atoms with E-state index in [0.29, 0.717) is 17.0 Å². The highest BCUT2D eigenvalue weighted by Gasteiger charge is 2.15. The monoisotopic (exact) mass is 305 g/mol. The van der Waals surface area contributed by atoms with Gasteiger partial charge >= 0.3 is 0 Å². The van der Waals surface area contributed by atoms with E-state index in [1.54, 1.807) is 6.92 Å². The molecule has 1 N–H and O–H groups in total. The van der Waals surface area contributed by atoms with Crippen LogP contribution in [0.3, 0.4) is 0 Å². The lowest BCUT2D eigenvalue weighted by atomic mass is 10.1. The Balaban J connectivity index is 2.65. The minimum absolute atomic E-state index is 0.0183. The summed E-state index contributed by atoms with van der Waals surface area (Å²) in [6.45, 7) is 3.85. The predicted octanol–water partition coefficient (Wildman–Crippen LogP) is 4.89. The van der Waals surface area contributed by atoms with Crippen molar-refractivity contribution in [3.05, 3.63) is 33.6 Å². The van der Waals surface area contributed by atoms with E-state index in [4.69, 9.17) is 23.2 Å². The number of carbonyl (C=O) groups excluding carboxylic acids is 1. The van der Waals surface area contributed by atoms with Crippen molar-refractivity contribution in [3.63, 3.8) is 0 Å². The van der Waals surface area contributed by atoms with Crippen molar-refractivity contribution in [2.75, 3.05) is 0 Å². The van der Waals surface area contributed by atoms with Gasteiger partial charge in [0.05, 0.1) is 11.1 Å². The Hall–Kier alpha value is -0.800. The van der Waals surface area contributed by atoms with Gasteiger partial charge in [0.15, 0.2) is 0 Å². The Labute approximate surface area is 123 Å². The van der Waals surface area contributed by atoms with Crippen LogP contribution in [0.15, 0.2) is 12.1 Å². The zero-order valence-electron chi connectivity index (χ0n) is 11.1. The van der Waals surface area contributed by atoms with E-state index in [9.17, 15) is 9.18 Å². The van der Waals surface area contributed by atoms with Crippen LogP contribution in [-0.4, -0.2) is 5.91 Å². The van der Waals surface area contributed by atoms with Gasteiger partial charge in [-0.2, -0.15) is 0 Å². The maximum absolute atomic E-state index is 13.4. The molecule has 0 bridgehead atoms. The summed E-state index contributed by atoms with van der Waals surface area (Å²) in [7, 11) is 0. The molecular weight excluding hydrogens is 288 g/mol. The molecule has 1 rings (SSSR count). The summed E-state index contributed by atoms with van der Waals surface area (Å²) in [4.78, 5) is 11.7. The lowest BCUT2D eigenvalue weighted by Gasteiger charge is -2.16. The molecule has 0 saturated heterocycles. The SMILES string of the molecule is CCCCCC(=O)NC(C)c1cc(F)c(Cl)cc1Cl. The molecule has 5 heteroatoms. The molecule has 1 aromatic carbocycles. The van der Waals surface area contributed by atoms with Crippen molar-refractivity contribution in [2.24, 2.45) is 0 Å². The van der Waals surface area contributed by atoms with Gasteiger partial charge in [0.1, 0.15) is 5.82 Å². The molecule has 0 aliphatic rings. The molecule has 0 aliphatic carbocycles. The Morgan fingerprint density at radius 3 is 2.63 bits per heavy atom. The summed E-state index contributed by atoms with van der Waals surface area (Å²) in [5.74, 6) is -0.583. The van der Waals surface area contributed by atoms with E-state index in [-0.39, 0.29) is 17.0 Å². The van der Waals surface area contributed by atoms with Crippen LogP contribution in [0.4, 0.5) is 4.39 Å². The van der Waals surface area contributed by atoms with E-state index in [2.05, 4.69) is 12.2 Å². The molecule has 19 heavy (non-hydrogen) atoms. The predicted molar refractivity (Wildman–Crippen MR) is 77.1 cm³/mol. The lowest BCUT2D eigenvalue weighted by Crippen LogP contribution is -2.26. The number of unbranched alkanes of at least 4 members (excludes halogenated alkanes) is 2. The first-order chi connectivity index (χ1) is 8.95. The summed E-state index contributed by atoms with van der Waals surface area (Å²) < 4.78 is 13.4. The summed E-state index contributed by atoms with van der Waals surface area (Å²) >= 11 is 11.6. The van der Waals surface area contributed by atoms with E-state index < -0.39 is 5.82 Å². The van der Waals surface area contributed by atoms with Gasteiger partial charge in [0.2, 0.25) is 5.91 Å². The number of rotatable bonds is 6. The first-order valence-electron chi connectivity index (χ1n) is 6.39. The van der Waals surface area contributed by atoms with Crippen molar-refractivity contribution in [3.8, 4) is 0 Å². The van der Waals surface area contributed by atoms with Crippen molar-refractivity contribution < 1.29 is 9.18 Å².